The van der Waals surface area contributed by atoms with E-state index < -0.39 is 17.7 Å². The summed E-state index contributed by atoms with van der Waals surface area (Å²) in [5.41, 5.74) is 0.597. The van der Waals surface area contributed by atoms with Crippen LogP contribution in [-0.4, -0.2) is 21.2 Å². The number of carbonyl (C=O) groups excluding carboxylic acids is 1. The molecule has 30 heavy (non-hydrogen) atoms. The SMILES string of the molecule is CCCn1c(SCC(=O)NC(C)c2ccc(F)cc2F)nc2ccc(Br)cc2c1=O. The van der Waals surface area contributed by atoms with Crippen molar-refractivity contribution in [2.24, 2.45) is 0 Å². The van der Waals surface area contributed by atoms with Gasteiger partial charge >= 0.3 is 0 Å². The number of benzene rings is 2. The van der Waals surface area contributed by atoms with Crippen molar-refractivity contribution in [2.45, 2.75) is 38.0 Å². The van der Waals surface area contributed by atoms with E-state index in [-0.39, 0.29) is 22.8 Å². The molecule has 3 rings (SSSR count). The third-order valence-electron chi connectivity index (χ3n) is 4.47. The third-order valence-corrected chi connectivity index (χ3v) is 5.94. The van der Waals surface area contributed by atoms with Crippen molar-refractivity contribution in [3.8, 4) is 0 Å². The van der Waals surface area contributed by atoms with Crippen LogP contribution in [0, 0.1) is 11.6 Å². The summed E-state index contributed by atoms with van der Waals surface area (Å²) in [6.45, 7) is 4.06. The molecule has 3 aromatic rings. The van der Waals surface area contributed by atoms with E-state index in [1.165, 1.54) is 6.07 Å². The van der Waals surface area contributed by atoms with Gasteiger partial charge in [0, 0.05) is 22.6 Å². The van der Waals surface area contributed by atoms with Gasteiger partial charge in [0.2, 0.25) is 5.91 Å². The van der Waals surface area contributed by atoms with Crippen LogP contribution in [0.25, 0.3) is 10.9 Å². The van der Waals surface area contributed by atoms with Crippen molar-refractivity contribution in [1.29, 1.82) is 0 Å². The predicted octanol–water partition coefficient (Wildman–Crippen LogP) is 4.82. The number of thioether (sulfide) groups is 1. The molecule has 2 aromatic carbocycles. The van der Waals surface area contributed by atoms with Gasteiger partial charge in [-0.2, -0.15) is 0 Å². The van der Waals surface area contributed by atoms with Gasteiger partial charge in [-0.3, -0.25) is 14.2 Å². The molecule has 0 saturated heterocycles. The Bertz CT molecular complexity index is 1150. The number of hydrogen-bond donors (Lipinski definition) is 1. The maximum atomic E-state index is 13.9. The van der Waals surface area contributed by atoms with Crippen LogP contribution in [0.15, 0.2) is 50.8 Å². The third kappa shape index (κ3) is 5.07. The number of hydrogen-bond acceptors (Lipinski definition) is 4. The van der Waals surface area contributed by atoms with Crippen molar-refractivity contribution in [2.75, 3.05) is 5.75 Å². The van der Waals surface area contributed by atoms with Gasteiger partial charge in [0.15, 0.2) is 5.16 Å². The molecule has 5 nitrogen and oxygen atoms in total. The second kappa shape index (κ2) is 9.70. The van der Waals surface area contributed by atoms with E-state index in [0.717, 1.165) is 34.8 Å². The first kappa shape index (κ1) is 22.4. The Labute approximate surface area is 185 Å². The highest BCUT2D eigenvalue weighted by atomic mass is 79.9. The zero-order valence-corrected chi connectivity index (χ0v) is 18.8. The van der Waals surface area contributed by atoms with E-state index in [1.54, 1.807) is 29.7 Å². The lowest BCUT2D eigenvalue weighted by Crippen LogP contribution is -2.29. The first-order valence-electron chi connectivity index (χ1n) is 9.37. The molecule has 1 atom stereocenters. The summed E-state index contributed by atoms with van der Waals surface area (Å²) in [7, 11) is 0. The minimum Gasteiger partial charge on any atom is -0.349 e. The molecule has 0 radical (unpaired) electrons. The minimum absolute atomic E-state index is 0.00530. The van der Waals surface area contributed by atoms with Gasteiger partial charge in [0.25, 0.3) is 5.56 Å². The average molecular weight is 496 g/mol. The molecule has 1 N–H and O–H groups in total. The fourth-order valence-corrected chi connectivity index (χ4v) is 4.24. The van der Waals surface area contributed by atoms with Gasteiger partial charge in [-0.15, -0.1) is 0 Å². The number of aromatic nitrogens is 2. The number of amides is 1. The maximum absolute atomic E-state index is 13.9. The lowest BCUT2D eigenvalue weighted by Gasteiger charge is -2.16. The first-order valence-corrected chi connectivity index (χ1v) is 11.1. The molecule has 0 spiro atoms. The summed E-state index contributed by atoms with van der Waals surface area (Å²) in [5, 5.41) is 3.65. The van der Waals surface area contributed by atoms with Gasteiger partial charge in [-0.1, -0.05) is 40.7 Å². The van der Waals surface area contributed by atoms with Crippen LogP contribution in [0.5, 0.6) is 0 Å². The molecule has 1 amide bonds. The molecule has 0 aliphatic heterocycles. The van der Waals surface area contributed by atoms with Crippen LogP contribution in [0.2, 0.25) is 0 Å². The summed E-state index contributed by atoms with van der Waals surface area (Å²) in [5.74, 6) is -1.72. The number of fused-ring (bicyclic) bond motifs is 1. The molecular weight excluding hydrogens is 476 g/mol. The van der Waals surface area contributed by atoms with Gasteiger partial charge in [0.1, 0.15) is 11.6 Å². The van der Waals surface area contributed by atoms with Gasteiger partial charge in [-0.05, 0) is 37.6 Å². The second-order valence-corrected chi connectivity index (χ2v) is 8.61. The molecule has 1 aromatic heterocycles. The maximum Gasteiger partial charge on any atom is 0.262 e. The Morgan fingerprint density at radius 3 is 2.73 bits per heavy atom. The summed E-state index contributed by atoms with van der Waals surface area (Å²) in [6, 6.07) is 7.91. The first-order chi connectivity index (χ1) is 14.3. The predicted molar refractivity (Wildman–Crippen MR) is 118 cm³/mol. The zero-order chi connectivity index (χ0) is 21.8. The Morgan fingerprint density at radius 1 is 1.27 bits per heavy atom. The standard InChI is InChI=1S/C21H20BrF2N3O2S/c1-3-8-27-20(29)16-9-13(22)4-7-18(16)26-21(27)30-11-19(28)25-12(2)15-6-5-14(23)10-17(15)24/h4-7,9-10,12H,3,8,11H2,1-2H3,(H,25,28). The van der Waals surface area contributed by atoms with Crippen LogP contribution in [0.3, 0.4) is 0 Å². The summed E-state index contributed by atoms with van der Waals surface area (Å²) in [4.78, 5) is 29.8. The van der Waals surface area contributed by atoms with Crippen LogP contribution in [0.4, 0.5) is 8.78 Å². The monoisotopic (exact) mass is 495 g/mol. The lowest BCUT2D eigenvalue weighted by molar-refractivity contribution is -0.119. The van der Waals surface area contributed by atoms with Gasteiger partial charge in [-0.25, -0.2) is 13.8 Å². The largest absolute Gasteiger partial charge is 0.349 e. The lowest BCUT2D eigenvalue weighted by atomic mass is 10.1. The Kier molecular flexibility index (Phi) is 7.25. The number of carbonyl (C=O) groups is 1. The molecular formula is C21H20BrF2N3O2S. The number of halogens is 3. The van der Waals surface area contributed by atoms with Crippen molar-refractivity contribution in [3.05, 3.63) is 68.4 Å². The Morgan fingerprint density at radius 2 is 2.03 bits per heavy atom. The van der Waals surface area contributed by atoms with E-state index in [4.69, 9.17) is 0 Å². The molecule has 158 valence electrons. The van der Waals surface area contributed by atoms with Crippen molar-refractivity contribution in [3.63, 3.8) is 0 Å². The fraction of sp³-hybridized carbons (Fsp3) is 0.286. The fourth-order valence-electron chi connectivity index (χ4n) is 3.05. The normalized spacial score (nSPS) is 12.2. The summed E-state index contributed by atoms with van der Waals surface area (Å²) in [6.07, 6.45) is 0.738. The molecule has 0 saturated carbocycles. The minimum atomic E-state index is -0.713. The summed E-state index contributed by atoms with van der Waals surface area (Å²) >= 11 is 4.51. The van der Waals surface area contributed by atoms with Gasteiger partial charge in [0.05, 0.1) is 22.7 Å². The number of nitrogens with zero attached hydrogens (tertiary/aromatic N) is 2. The quantitative estimate of drug-likeness (QED) is 0.377. The van der Waals surface area contributed by atoms with E-state index in [9.17, 15) is 18.4 Å². The second-order valence-electron chi connectivity index (χ2n) is 6.76. The molecule has 0 bridgehead atoms. The molecule has 1 unspecified atom stereocenters. The Hall–Kier alpha value is -2.26. The highest BCUT2D eigenvalue weighted by molar-refractivity contribution is 9.10. The van der Waals surface area contributed by atoms with Crippen LogP contribution in [0.1, 0.15) is 31.9 Å². The van der Waals surface area contributed by atoms with Gasteiger partial charge < -0.3 is 5.32 Å². The zero-order valence-electron chi connectivity index (χ0n) is 16.4. The smallest absolute Gasteiger partial charge is 0.262 e. The Balaban J connectivity index is 1.77. The molecule has 9 heteroatoms. The van der Waals surface area contributed by atoms with Crippen LogP contribution < -0.4 is 10.9 Å². The van der Waals surface area contributed by atoms with Crippen molar-refractivity contribution >= 4 is 44.5 Å². The van der Waals surface area contributed by atoms with E-state index in [0.29, 0.717) is 22.6 Å². The number of nitrogens with one attached hydrogen (secondary N) is 1. The number of rotatable bonds is 7. The highest BCUT2D eigenvalue weighted by Gasteiger charge is 2.17. The van der Waals surface area contributed by atoms with Crippen LogP contribution in [-0.2, 0) is 11.3 Å². The molecule has 0 aliphatic carbocycles. The van der Waals surface area contributed by atoms with Crippen LogP contribution >= 0.6 is 27.7 Å². The van der Waals surface area contributed by atoms with Crippen molar-refractivity contribution in [1.82, 2.24) is 14.9 Å². The molecule has 0 fully saturated rings. The van der Waals surface area contributed by atoms with Crippen molar-refractivity contribution < 1.29 is 13.6 Å². The van der Waals surface area contributed by atoms with E-state index >= 15 is 0 Å². The molecule has 1 heterocycles. The summed E-state index contributed by atoms with van der Waals surface area (Å²) < 4.78 is 29.3. The topological polar surface area (TPSA) is 64.0 Å². The average Bonchev–Trinajstić information content (AvgIpc) is 2.69. The highest BCUT2D eigenvalue weighted by Crippen LogP contribution is 2.22. The molecule has 0 aliphatic rings. The van der Waals surface area contributed by atoms with E-state index in [2.05, 4.69) is 26.2 Å². The van der Waals surface area contributed by atoms with E-state index in [1.807, 2.05) is 6.92 Å².